The number of hydrogen-bond donors (Lipinski definition) is 5. The summed E-state index contributed by atoms with van der Waals surface area (Å²) in [4.78, 5) is 20.7. The number of alkyl halides is 1. The van der Waals surface area contributed by atoms with Crippen LogP contribution >= 0.6 is 0 Å². The predicted molar refractivity (Wildman–Crippen MR) is 64.4 cm³/mol. The molecule has 0 aromatic carbocycles. The molecule has 0 radical (unpaired) electrons. The van der Waals surface area contributed by atoms with E-state index in [0.717, 1.165) is 0 Å². The Hall–Kier alpha value is -1.77. The number of aliphatic hydroxyl groups is 2. The molecule has 0 aliphatic carbocycles. The molecule has 1 aliphatic rings. The zero-order valence-corrected chi connectivity index (χ0v) is 9.80. The van der Waals surface area contributed by atoms with Crippen molar-refractivity contribution < 1.29 is 14.6 Å². The molecule has 7 nitrogen and oxygen atoms in total. The zero-order valence-electron chi connectivity index (χ0n) is 9.80. The number of rotatable bonds is 2. The third-order valence-corrected chi connectivity index (χ3v) is 3.48. The average Bonchev–Trinajstić information content (AvgIpc) is 2.94. The average molecular weight is 268 g/mol. The van der Waals surface area contributed by atoms with Crippen LogP contribution in [0, 0.1) is 0 Å². The largest absolute Gasteiger partial charge is 0.395 e. The van der Waals surface area contributed by atoms with Crippen molar-refractivity contribution in [1.82, 2.24) is 20.3 Å². The Morgan fingerprint density at radius 1 is 1.42 bits per heavy atom. The first-order valence-corrected chi connectivity index (χ1v) is 5.87. The van der Waals surface area contributed by atoms with E-state index in [1.165, 1.54) is 12.5 Å². The number of hydrogen-bond acceptors (Lipinski definition) is 5. The summed E-state index contributed by atoms with van der Waals surface area (Å²) in [5, 5.41) is 21.5. The molecule has 4 atom stereocenters. The Labute approximate surface area is 106 Å². The van der Waals surface area contributed by atoms with Crippen LogP contribution in [0.2, 0.25) is 0 Å². The van der Waals surface area contributed by atoms with E-state index in [2.05, 4.69) is 20.3 Å². The fourth-order valence-electron chi connectivity index (χ4n) is 2.47. The Bertz CT molecular complexity index is 655. The van der Waals surface area contributed by atoms with E-state index in [9.17, 15) is 14.3 Å². The van der Waals surface area contributed by atoms with Gasteiger partial charge >= 0.3 is 0 Å². The summed E-state index contributed by atoms with van der Waals surface area (Å²) in [6, 6.07) is -1.54. The molecule has 5 N–H and O–H groups in total. The van der Waals surface area contributed by atoms with Gasteiger partial charge in [-0.25, -0.2) is 9.37 Å². The minimum absolute atomic E-state index is 0.258. The lowest BCUT2D eigenvalue weighted by atomic mass is 10.0. The SMILES string of the molecule is O=c1[nH]cnc2c([C@@H]3N[C@H](CO)[C@@H](O)C3F)c[nH]c12. The fraction of sp³-hybridized carbons (Fsp3) is 0.455. The van der Waals surface area contributed by atoms with E-state index in [1.807, 2.05) is 0 Å². The summed E-state index contributed by atoms with van der Waals surface area (Å²) in [7, 11) is 0. The lowest BCUT2D eigenvalue weighted by Crippen LogP contribution is -2.35. The zero-order chi connectivity index (χ0) is 13.6. The second-order valence-electron chi connectivity index (χ2n) is 4.57. The van der Waals surface area contributed by atoms with Crippen molar-refractivity contribution >= 4 is 11.0 Å². The van der Waals surface area contributed by atoms with E-state index >= 15 is 0 Å². The van der Waals surface area contributed by atoms with Gasteiger partial charge < -0.3 is 20.2 Å². The van der Waals surface area contributed by atoms with Crippen LogP contribution in [-0.4, -0.2) is 50.1 Å². The molecule has 0 bridgehead atoms. The molecular formula is C11H13FN4O3. The number of aromatic amines is 2. The number of halogens is 1. The number of aliphatic hydroxyl groups excluding tert-OH is 2. The van der Waals surface area contributed by atoms with E-state index in [-0.39, 0.29) is 17.7 Å². The lowest BCUT2D eigenvalue weighted by Gasteiger charge is -2.12. The van der Waals surface area contributed by atoms with Gasteiger partial charge in [-0.2, -0.15) is 0 Å². The third kappa shape index (κ3) is 1.76. The Kier molecular flexibility index (Phi) is 2.85. The van der Waals surface area contributed by atoms with Crippen LogP contribution in [0.3, 0.4) is 0 Å². The van der Waals surface area contributed by atoms with Crippen LogP contribution in [0.15, 0.2) is 17.3 Å². The summed E-state index contributed by atoms with van der Waals surface area (Å²) >= 11 is 0. The summed E-state index contributed by atoms with van der Waals surface area (Å²) in [5.41, 5.74) is 0.732. The highest BCUT2D eigenvalue weighted by molar-refractivity contribution is 5.78. The van der Waals surface area contributed by atoms with Crippen LogP contribution in [0.1, 0.15) is 11.6 Å². The maximum atomic E-state index is 14.1. The molecule has 2 aromatic heterocycles. The predicted octanol–water partition coefficient (Wildman–Crippen LogP) is -1.04. The summed E-state index contributed by atoms with van der Waals surface area (Å²) < 4.78 is 14.1. The molecule has 102 valence electrons. The number of aromatic nitrogens is 3. The fourth-order valence-corrected chi connectivity index (χ4v) is 2.47. The van der Waals surface area contributed by atoms with Gasteiger partial charge in [0.1, 0.15) is 23.3 Å². The lowest BCUT2D eigenvalue weighted by molar-refractivity contribution is 0.0675. The molecule has 0 saturated carbocycles. The highest BCUT2D eigenvalue weighted by atomic mass is 19.1. The van der Waals surface area contributed by atoms with Crippen molar-refractivity contribution in [2.75, 3.05) is 6.61 Å². The molecule has 8 heteroatoms. The molecule has 1 aliphatic heterocycles. The molecule has 1 fully saturated rings. The van der Waals surface area contributed by atoms with Gasteiger partial charge in [-0.15, -0.1) is 0 Å². The van der Waals surface area contributed by atoms with Crippen molar-refractivity contribution in [3.63, 3.8) is 0 Å². The molecule has 2 aromatic rings. The van der Waals surface area contributed by atoms with Gasteiger partial charge in [0.05, 0.1) is 25.0 Å². The van der Waals surface area contributed by atoms with Crippen molar-refractivity contribution in [2.45, 2.75) is 24.4 Å². The highest BCUT2D eigenvalue weighted by Gasteiger charge is 2.43. The number of nitrogens with one attached hydrogen (secondary N) is 3. The number of nitrogens with zero attached hydrogens (tertiary/aromatic N) is 1. The summed E-state index contributed by atoms with van der Waals surface area (Å²) in [5.74, 6) is 0. The van der Waals surface area contributed by atoms with Crippen molar-refractivity contribution in [3.05, 3.63) is 28.4 Å². The Morgan fingerprint density at radius 3 is 2.89 bits per heavy atom. The van der Waals surface area contributed by atoms with Gasteiger partial charge in [-0.05, 0) is 0 Å². The first kappa shape index (κ1) is 12.3. The molecule has 1 unspecified atom stereocenters. The first-order valence-electron chi connectivity index (χ1n) is 5.87. The molecule has 3 rings (SSSR count). The third-order valence-electron chi connectivity index (χ3n) is 3.48. The van der Waals surface area contributed by atoms with E-state index in [1.54, 1.807) is 0 Å². The van der Waals surface area contributed by atoms with Gasteiger partial charge in [0.2, 0.25) is 0 Å². The topological polar surface area (TPSA) is 114 Å². The van der Waals surface area contributed by atoms with Crippen LogP contribution < -0.4 is 10.9 Å². The molecule has 19 heavy (non-hydrogen) atoms. The molecule has 0 spiro atoms. The van der Waals surface area contributed by atoms with Crippen LogP contribution in [0.5, 0.6) is 0 Å². The normalized spacial score (nSPS) is 31.1. The second-order valence-corrected chi connectivity index (χ2v) is 4.57. The monoisotopic (exact) mass is 268 g/mol. The Morgan fingerprint density at radius 2 is 2.21 bits per heavy atom. The molecule has 3 heterocycles. The molecule has 0 amide bonds. The van der Waals surface area contributed by atoms with Gasteiger partial charge in [-0.3, -0.25) is 10.1 Å². The van der Waals surface area contributed by atoms with Gasteiger partial charge in [0.15, 0.2) is 0 Å². The van der Waals surface area contributed by atoms with Gasteiger partial charge in [-0.1, -0.05) is 0 Å². The van der Waals surface area contributed by atoms with Crippen LogP contribution in [0.25, 0.3) is 11.0 Å². The smallest absolute Gasteiger partial charge is 0.275 e. The van der Waals surface area contributed by atoms with Gasteiger partial charge in [0, 0.05) is 11.8 Å². The second kappa shape index (κ2) is 4.41. The number of fused-ring (bicyclic) bond motifs is 1. The van der Waals surface area contributed by atoms with Crippen molar-refractivity contribution in [3.8, 4) is 0 Å². The number of H-pyrrole nitrogens is 2. The maximum Gasteiger partial charge on any atom is 0.275 e. The van der Waals surface area contributed by atoms with Crippen LogP contribution in [0.4, 0.5) is 4.39 Å². The quantitative estimate of drug-likeness (QED) is 0.477. The van der Waals surface area contributed by atoms with Crippen molar-refractivity contribution in [2.24, 2.45) is 0 Å². The van der Waals surface area contributed by atoms with E-state index in [4.69, 9.17) is 5.11 Å². The first-order chi connectivity index (χ1) is 9.13. The summed E-state index contributed by atoms with van der Waals surface area (Å²) in [6.07, 6.45) is -0.132. The summed E-state index contributed by atoms with van der Waals surface area (Å²) in [6.45, 7) is -0.367. The Balaban J connectivity index is 2.06. The molecular weight excluding hydrogens is 255 g/mol. The molecule has 1 saturated heterocycles. The van der Waals surface area contributed by atoms with E-state index in [0.29, 0.717) is 11.1 Å². The van der Waals surface area contributed by atoms with Crippen molar-refractivity contribution in [1.29, 1.82) is 0 Å². The standard InChI is InChI=1S/C11H13FN4O3/c12-6-7(16-5(2-17)10(6)18)4-1-13-9-8(4)14-3-15-11(9)19/h1,3,5-7,10,13,16-18H,2H2,(H,14,15,19)/t5-,6?,7+,10-/m1/s1. The highest BCUT2D eigenvalue weighted by Crippen LogP contribution is 2.32. The minimum atomic E-state index is -1.57. The van der Waals surface area contributed by atoms with Gasteiger partial charge in [0.25, 0.3) is 5.56 Å². The minimum Gasteiger partial charge on any atom is -0.395 e. The van der Waals surface area contributed by atoms with E-state index < -0.39 is 24.4 Å². The maximum absolute atomic E-state index is 14.1. The van der Waals surface area contributed by atoms with Crippen LogP contribution in [-0.2, 0) is 0 Å².